The van der Waals surface area contributed by atoms with Gasteiger partial charge in [0.25, 0.3) is 11.8 Å². The standard InChI is InChI=1S/C42H44N6O12S2/c1-7-26-21(3)30-15-31-23(5)29(10-12-41(51)60-48-39(49)19-38(42(48)52)62(56,57)58)36(45-31)18-37-28(9-11-40(50)59-47-14-13-25(20-47)61(53,54)55)24(6)33(46-37)17-35-27(8-2)22(4)32(44-35)16-34(26)43-30/h7-8,15-18,25,38,43-44H,1-2,9-14,19-20H2,3-6H3,(H,53,54,55)(H,56,57,58)/p-2. The van der Waals surface area contributed by atoms with Crippen molar-refractivity contribution in [2.24, 2.45) is 0 Å². The van der Waals surface area contributed by atoms with E-state index >= 15 is 0 Å². The average Bonchev–Trinajstić information content (AvgIpc) is 4.02. The lowest BCUT2D eigenvalue weighted by atomic mass is 9.98. The number of aryl methyl sites for hydroxylation is 2. The highest BCUT2D eigenvalue weighted by atomic mass is 32.2. The van der Waals surface area contributed by atoms with Crippen LogP contribution in [0.2, 0.25) is 0 Å². The fraction of sp³-hybridized carbons (Fsp3) is 0.333. The lowest BCUT2D eigenvalue weighted by Crippen LogP contribution is -2.36. The van der Waals surface area contributed by atoms with E-state index in [9.17, 15) is 45.1 Å². The number of rotatable bonds is 12. The molecule has 4 aliphatic rings. The number of amides is 2. The Morgan fingerprint density at radius 1 is 0.758 bits per heavy atom. The van der Waals surface area contributed by atoms with Gasteiger partial charge in [0.05, 0.1) is 64.0 Å². The molecule has 326 valence electrons. The summed E-state index contributed by atoms with van der Waals surface area (Å²) < 4.78 is 69.2. The van der Waals surface area contributed by atoms with Gasteiger partial charge in [0.15, 0.2) is 0 Å². The van der Waals surface area contributed by atoms with E-state index in [4.69, 9.17) is 19.6 Å². The van der Waals surface area contributed by atoms with Gasteiger partial charge in [-0.1, -0.05) is 25.3 Å². The number of carbonyl (C=O) groups excluding carboxylic acids is 4. The van der Waals surface area contributed by atoms with Gasteiger partial charge in [-0.3, -0.25) is 14.4 Å². The Morgan fingerprint density at radius 2 is 1.26 bits per heavy atom. The van der Waals surface area contributed by atoms with Crippen LogP contribution in [0.3, 0.4) is 0 Å². The SMILES string of the molecule is C=Cc1c(C)c2cc3[nH]c(cc4nc(cc5nc(cc1[nH]2)C(C)=C5CCC(=O)ON1CCC(S(=O)(=O)[O-])C1)C(CCC(=O)ON1C(=O)CC(S(=O)(=O)[O-])C1=O)=C4C)c(C)c3C=C. The van der Waals surface area contributed by atoms with E-state index in [1.54, 1.807) is 18.2 Å². The molecule has 7 rings (SSSR count). The average molecular weight is 887 g/mol. The molecule has 0 aliphatic carbocycles. The van der Waals surface area contributed by atoms with Crippen LogP contribution in [0, 0.1) is 13.8 Å². The summed E-state index contributed by atoms with van der Waals surface area (Å²) >= 11 is 0. The molecule has 0 spiro atoms. The van der Waals surface area contributed by atoms with Crippen LogP contribution in [0.15, 0.2) is 37.4 Å². The van der Waals surface area contributed by atoms with Crippen molar-refractivity contribution >= 4 is 101 Å². The van der Waals surface area contributed by atoms with Gasteiger partial charge in [0.1, 0.15) is 15.4 Å². The Kier molecular flexibility index (Phi) is 11.8. The third kappa shape index (κ3) is 8.55. The number of hydroxylamine groups is 4. The Labute approximate surface area is 356 Å². The molecule has 0 aromatic carbocycles. The highest BCUT2D eigenvalue weighted by molar-refractivity contribution is 7.87. The van der Waals surface area contributed by atoms with Crippen molar-refractivity contribution in [2.45, 2.75) is 76.7 Å². The predicted octanol–water partition coefficient (Wildman–Crippen LogP) is 4.85. The third-order valence-corrected chi connectivity index (χ3v) is 13.8. The molecule has 18 nitrogen and oxygen atoms in total. The summed E-state index contributed by atoms with van der Waals surface area (Å²) in [5.41, 5.74) is 11.1. The minimum Gasteiger partial charge on any atom is -0.748 e. The maximum atomic E-state index is 13.1. The molecule has 3 aromatic heterocycles. The maximum absolute atomic E-state index is 13.1. The Morgan fingerprint density at radius 3 is 1.74 bits per heavy atom. The summed E-state index contributed by atoms with van der Waals surface area (Å²) in [5, 5.41) is -2.18. The molecule has 2 amide bonds. The van der Waals surface area contributed by atoms with Gasteiger partial charge in [-0.2, -0.15) is 0 Å². The first-order valence-corrected chi connectivity index (χ1v) is 22.5. The molecule has 2 fully saturated rings. The molecule has 0 saturated carbocycles. The van der Waals surface area contributed by atoms with Crippen molar-refractivity contribution in [3.05, 3.63) is 82.5 Å². The lowest BCUT2D eigenvalue weighted by molar-refractivity contribution is -0.197. The second kappa shape index (κ2) is 16.7. The Bertz CT molecular complexity index is 2960. The number of hydrogen-bond donors (Lipinski definition) is 2. The Balaban J connectivity index is 1.31. The molecule has 7 heterocycles. The Hall–Kier alpha value is -6.06. The van der Waals surface area contributed by atoms with Crippen molar-refractivity contribution in [3.8, 4) is 0 Å². The minimum absolute atomic E-state index is 0.0171. The molecule has 4 aliphatic heterocycles. The first kappa shape index (κ1) is 44.0. The van der Waals surface area contributed by atoms with Crippen LogP contribution < -0.4 is 0 Å². The molecule has 20 heteroatoms. The first-order valence-electron chi connectivity index (χ1n) is 19.5. The fourth-order valence-electron chi connectivity index (χ4n) is 8.01. The largest absolute Gasteiger partial charge is 0.748 e. The molecule has 2 saturated heterocycles. The summed E-state index contributed by atoms with van der Waals surface area (Å²) in [4.78, 5) is 78.6. The van der Waals surface area contributed by atoms with Gasteiger partial charge in [-0.05, 0) is 105 Å². The van der Waals surface area contributed by atoms with Crippen molar-refractivity contribution < 1.29 is 54.8 Å². The van der Waals surface area contributed by atoms with E-state index < -0.39 is 67.3 Å². The number of aromatic nitrogens is 4. The highest BCUT2D eigenvalue weighted by Crippen LogP contribution is 2.38. The van der Waals surface area contributed by atoms with Crippen molar-refractivity contribution in [2.75, 3.05) is 13.1 Å². The molecule has 8 bridgehead atoms. The van der Waals surface area contributed by atoms with Crippen molar-refractivity contribution in [1.82, 2.24) is 30.1 Å². The van der Waals surface area contributed by atoms with Crippen LogP contribution in [0.1, 0.15) is 97.4 Å². The van der Waals surface area contributed by atoms with Crippen LogP contribution in [-0.2, 0) is 49.1 Å². The zero-order valence-corrected chi connectivity index (χ0v) is 35.8. The lowest BCUT2D eigenvalue weighted by Gasteiger charge is -2.17. The number of aromatic amines is 2. The number of nitrogens with one attached hydrogen (secondary N) is 2. The fourth-order valence-corrected chi connectivity index (χ4v) is 9.45. The topological polar surface area (TPSA) is 265 Å². The van der Waals surface area contributed by atoms with Crippen LogP contribution >= 0.6 is 0 Å². The molecule has 0 radical (unpaired) electrons. The number of imide groups is 1. The van der Waals surface area contributed by atoms with Gasteiger partial charge < -0.3 is 28.7 Å². The summed E-state index contributed by atoms with van der Waals surface area (Å²) in [6.07, 6.45) is 2.18. The van der Waals surface area contributed by atoms with Gasteiger partial charge in [-0.15, -0.1) is 10.1 Å². The van der Waals surface area contributed by atoms with E-state index in [2.05, 4.69) is 23.1 Å². The van der Waals surface area contributed by atoms with Crippen LogP contribution in [0.25, 0.3) is 56.5 Å². The zero-order chi connectivity index (χ0) is 45.0. The minimum atomic E-state index is -5.17. The van der Waals surface area contributed by atoms with Gasteiger partial charge >= 0.3 is 11.9 Å². The predicted molar refractivity (Wildman–Crippen MR) is 226 cm³/mol. The van der Waals surface area contributed by atoms with E-state index in [-0.39, 0.29) is 43.8 Å². The molecule has 62 heavy (non-hydrogen) atoms. The number of hydrogen-bond acceptors (Lipinski definition) is 15. The van der Waals surface area contributed by atoms with Crippen LogP contribution in [0.4, 0.5) is 0 Å². The second-order valence-electron chi connectivity index (χ2n) is 15.4. The van der Waals surface area contributed by atoms with Gasteiger partial charge in [0, 0.05) is 39.7 Å². The first-order chi connectivity index (χ1) is 29.2. The van der Waals surface area contributed by atoms with E-state index in [1.165, 1.54) is 5.06 Å². The zero-order valence-electron chi connectivity index (χ0n) is 34.2. The molecular formula is C42H42N6O12S2-2. The summed E-state index contributed by atoms with van der Waals surface area (Å²) in [6, 6.07) is 7.42. The highest BCUT2D eigenvalue weighted by Gasteiger charge is 2.45. The molecule has 2 N–H and O–H groups in total. The van der Waals surface area contributed by atoms with Crippen molar-refractivity contribution in [1.29, 1.82) is 0 Å². The van der Waals surface area contributed by atoms with Crippen LogP contribution in [-0.4, -0.2) is 103 Å². The van der Waals surface area contributed by atoms with E-state index in [1.807, 2.05) is 45.9 Å². The third-order valence-electron chi connectivity index (χ3n) is 11.6. The normalized spacial score (nSPS) is 18.5. The number of allylic oxidation sites excluding steroid dienone is 4. The number of nitrogens with zero attached hydrogens (tertiary/aromatic N) is 4. The van der Waals surface area contributed by atoms with E-state index in [0.29, 0.717) is 39.5 Å². The van der Waals surface area contributed by atoms with Gasteiger partial charge in [-0.25, -0.2) is 31.6 Å². The summed E-state index contributed by atoms with van der Waals surface area (Å²) in [6.45, 7) is 15.5. The number of H-pyrrole nitrogens is 2. The number of fused-ring (bicyclic) bond motifs is 8. The quantitative estimate of drug-likeness (QED) is 0.182. The smallest absolute Gasteiger partial charge is 0.333 e. The number of carbonyl (C=O) groups is 4. The van der Waals surface area contributed by atoms with Crippen LogP contribution in [0.5, 0.6) is 0 Å². The molecule has 2 atom stereocenters. The van der Waals surface area contributed by atoms with Crippen molar-refractivity contribution in [3.63, 3.8) is 0 Å². The van der Waals surface area contributed by atoms with E-state index in [0.717, 1.165) is 49.9 Å². The molecule has 2 unspecified atom stereocenters. The maximum Gasteiger partial charge on any atom is 0.333 e. The summed E-state index contributed by atoms with van der Waals surface area (Å²) in [7, 11) is -9.73. The second-order valence-corrected chi connectivity index (χ2v) is 18.6. The monoisotopic (exact) mass is 886 g/mol. The molecular weight excluding hydrogens is 845 g/mol. The summed E-state index contributed by atoms with van der Waals surface area (Å²) in [5.74, 6) is -4.27. The molecule has 3 aromatic rings. The van der Waals surface area contributed by atoms with Gasteiger partial charge in [0.2, 0.25) is 0 Å².